The molecule has 2 atom stereocenters. The van der Waals surface area contributed by atoms with Gasteiger partial charge in [0.05, 0.1) is 24.2 Å². The molecule has 140 valence electrons. The average Bonchev–Trinajstić information content (AvgIpc) is 3.06. The number of nitrogens with one attached hydrogen (secondary N) is 1. The van der Waals surface area contributed by atoms with Crippen molar-refractivity contribution < 1.29 is 18.3 Å². The van der Waals surface area contributed by atoms with E-state index in [1.165, 1.54) is 30.0 Å². The van der Waals surface area contributed by atoms with E-state index in [0.717, 1.165) is 12.3 Å². The largest absolute Gasteiger partial charge is 0.379 e. The molecule has 3 N–H and O–H groups in total. The molecule has 0 aliphatic carbocycles. The number of benzene rings is 1. The number of hydrogen-bond acceptors (Lipinski definition) is 6. The average molecular weight is 390 g/mol. The number of aromatic nitrogens is 1. The lowest BCUT2D eigenvalue weighted by Crippen LogP contribution is -2.39. The molecule has 1 aromatic carbocycles. The van der Waals surface area contributed by atoms with Gasteiger partial charge < -0.3 is 15.8 Å². The predicted octanol–water partition coefficient (Wildman–Crippen LogP) is 2.52. The fourth-order valence-electron chi connectivity index (χ4n) is 3.33. The van der Waals surface area contributed by atoms with Crippen LogP contribution in [0, 0.1) is 17.6 Å². The van der Waals surface area contributed by atoms with Gasteiger partial charge >= 0.3 is 0 Å². The van der Waals surface area contributed by atoms with Crippen LogP contribution in [0.3, 0.4) is 0 Å². The Morgan fingerprint density at radius 2 is 2.15 bits per heavy atom. The number of nitrogens with zero attached hydrogens (tertiary/aromatic N) is 2. The zero-order valence-corrected chi connectivity index (χ0v) is 14.9. The van der Waals surface area contributed by atoms with Crippen LogP contribution in [0.4, 0.5) is 14.5 Å². The van der Waals surface area contributed by atoms with Crippen molar-refractivity contribution >= 4 is 28.5 Å². The van der Waals surface area contributed by atoms with Crippen molar-refractivity contribution in [3.8, 4) is 0 Å². The first-order valence-electron chi connectivity index (χ1n) is 8.27. The van der Waals surface area contributed by atoms with E-state index in [2.05, 4.69) is 15.3 Å². The van der Waals surface area contributed by atoms with Crippen LogP contribution >= 0.6 is 11.8 Å². The summed E-state index contributed by atoms with van der Waals surface area (Å²) in [6, 6.07) is 6.76. The number of anilines is 1. The first-order valence-corrected chi connectivity index (χ1v) is 9.08. The van der Waals surface area contributed by atoms with Crippen LogP contribution in [-0.4, -0.2) is 35.8 Å². The van der Waals surface area contributed by atoms with Crippen molar-refractivity contribution in [3.63, 3.8) is 0 Å². The molecule has 27 heavy (non-hydrogen) atoms. The van der Waals surface area contributed by atoms with E-state index in [-0.39, 0.29) is 17.3 Å². The summed E-state index contributed by atoms with van der Waals surface area (Å²) in [5.74, 6) is -1.52. The Hall–Kier alpha value is -2.52. The van der Waals surface area contributed by atoms with E-state index in [9.17, 15) is 13.6 Å². The Morgan fingerprint density at radius 1 is 1.30 bits per heavy atom. The van der Waals surface area contributed by atoms with Crippen LogP contribution in [0.15, 0.2) is 41.5 Å². The van der Waals surface area contributed by atoms with Gasteiger partial charge in [-0.3, -0.25) is 9.79 Å². The summed E-state index contributed by atoms with van der Waals surface area (Å²) in [6.07, 6.45) is 0.951. The second-order valence-electron chi connectivity index (χ2n) is 6.43. The molecule has 0 radical (unpaired) electrons. The SMILES string of the molecule is NC1=NC[C@H]2COC[C@]2(c2cc(F)cc(NC(=O)c3ccc(F)cn3)c2)S1. The van der Waals surface area contributed by atoms with Crippen molar-refractivity contribution in [2.45, 2.75) is 4.75 Å². The van der Waals surface area contributed by atoms with Gasteiger partial charge in [0.25, 0.3) is 5.91 Å². The van der Waals surface area contributed by atoms with Crippen LogP contribution in [-0.2, 0) is 9.48 Å². The number of pyridine rings is 1. The molecule has 3 heterocycles. The molecule has 1 saturated heterocycles. The van der Waals surface area contributed by atoms with Gasteiger partial charge in [-0.05, 0) is 35.9 Å². The number of fused-ring (bicyclic) bond motifs is 1. The summed E-state index contributed by atoms with van der Waals surface area (Å²) < 4.78 is 32.4. The first-order chi connectivity index (χ1) is 13.0. The zero-order valence-electron chi connectivity index (χ0n) is 14.1. The van der Waals surface area contributed by atoms with Gasteiger partial charge in [0.2, 0.25) is 0 Å². The lowest BCUT2D eigenvalue weighted by molar-refractivity contribution is 0.102. The molecule has 4 rings (SSSR count). The maximum absolute atomic E-state index is 14.3. The Balaban J connectivity index is 1.65. The molecule has 2 aromatic rings. The monoisotopic (exact) mass is 390 g/mol. The standard InChI is InChI=1S/C18H16F2N4O2S/c19-12-1-2-15(22-7-12)16(25)24-14-4-10(3-13(20)5-14)18-9-26-8-11(18)6-23-17(21)27-18/h1-5,7,11H,6,8-9H2,(H2,21,23)(H,24,25)/t11-,18+/m0/s1. The molecule has 0 saturated carbocycles. The Kier molecular flexibility index (Phi) is 4.56. The van der Waals surface area contributed by atoms with E-state index < -0.39 is 22.3 Å². The number of rotatable bonds is 3. The molecular formula is C18H16F2N4O2S. The normalized spacial score (nSPS) is 24.2. The summed E-state index contributed by atoms with van der Waals surface area (Å²) in [4.78, 5) is 20.3. The molecule has 1 aromatic heterocycles. The first kappa shape index (κ1) is 17.9. The van der Waals surface area contributed by atoms with Crippen LogP contribution in [0.25, 0.3) is 0 Å². The number of carbonyl (C=O) groups is 1. The third-order valence-corrected chi connectivity index (χ3v) is 6.04. The highest BCUT2D eigenvalue weighted by molar-refractivity contribution is 8.14. The number of amides is 1. The smallest absolute Gasteiger partial charge is 0.274 e. The van der Waals surface area contributed by atoms with Crippen molar-refractivity contribution in [1.29, 1.82) is 0 Å². The molecule has 1 fully saturated rings. The van der Waals surface area contributed by atoms with Gasteiger partial charge in [-0.2, -0.15) is 0 Å². The van der Waals surface area contributed by atoms with Crippen molar-refractivity contribution in [2.24, 2.45) is 16.6 Å². The van der Waals surface area contributed by atoms with Gasteiger partial charge in [-0.25, -0.2) is 13.8 Å². The number of thioether (sulfide) groups is 1. The quantitative estimate of drug-likeness (QED) is 0.841. The summed E-state index contributed by atoms with van der Waals surface area (Å²) in [5, 5.41) is 3.04. The zero-order chi connectivity index (χ0) is 19.0. The number of halogens is 2. The second kappa shape index (κ2) is 6.90. The highest BCUT2D eigenvalue weighted by Gasteiger charge is 2.49. The lowest BCUT2D eigenvalue weighted by Gasteiger charge is -2.35. The topological polar surface area (TPSA) is 89.6 Å². The molecular weight excluding hydrogens is 374 g/mol. The molecule has 0 bridgehead atoms. The van der Waals surface area contributed by atoms with Crippen molar-refractivity contribution in [2.75, 3.05) is 25.1 Å². The number of ether oxygens (including phenoxy) is 1. The van der Waals surface area contributed by atoms with Gasteiger partial charge in [0.15, 0.2) is 5.17 Å². The minimum Gasteiger partial charge on any atom is -0.379 e. The van der Waals surface area contributed by atoms with Gasteiger partial charge in [-0.15, -0.1) is 0 Å². The van der Waals surface area contributed by atoms with Gasteiger partial charge in [-0.1, -0.05) is 11.8 Å². The maximum atomic E-state index is 14.3. The minimum atomic E-state index is -0.555. The molecule has 6 nitrogen and oxygen atoms in total. The number of amidine groups is 1. The van der Waals surface area contributed by atoms with E-state index in [4.69, 9.17) is 10.5 Å². The van der Waals surface area contributed by atoms with Crippen molar-refractivity contribution in [3.05, 3.63) is 59.4 Å². The molecule has 9 heteroatoms. The van der Waals surface area contributed by atoms with Crippen LogP contribution in [0.2, 0.25) is 0 Å². The predicted molar refractivity (Wildman–Crippen MR) is 98.6 cm³/mol. The highest BCUT2D eigenvalue weighted by atomic mass is 32.2. The molecule has 2 aliphatic heterocycles. The molecule has 0 spiro atoms. The summed E-state index contributed by atoms with van der Waals surface area (Å²) in [7, 11) is 0. The lowest BCUT2D eigenvalue weighted by atomic mass is 9.87. The second-order valence-corrected chi connectivity index (χ2v) is 7.78. The fourth-order valence-corrected chi connectivity index (χ4v) is 4.53. The number of aliphatic imine (C=N–C) groups is 1. The highest BCUT2D eigenvalue weighted by Crippen LogP contribution is 2.50. The Morgan fingerprint density at radius 3 is 2.93 bits per heavy atom. The third-order valence-electron chi connectivity index (χ3n) is 4.65. The maximum Gasteiger partial charge on any atom is 0.274 e. The van der Waals surface area contributed by atoms with Crippen LogP contribution in [0.1, 0.15) is 16.1 Å². The van der Waals surface area contributed by atoms with Gasteiger partial charge in [0, 0.05) is 18.2 Å². The molecule has 0 unspecified atom stereocenters. The number of hydrogen-bond donors (Lipinski definition) is 2. The Bertz CT molecular complexity index is 922. The number of carbonyl (C=O) groups excluding carboxylic acids is 1. The van der Waals surface area contributed by atoms with E-state index in [1.807, 2.05) is 0 Å². The Labute approximate surface area is 158 Å². The molecule has 2 aliphatic rings. The van der Waals surface area contributed by atoms with E-state index >= 15 is 0 Å². The third kappa shape index (κ3) is 3.40. The number of nitrogens with two attached hydrogens (primary N) is 1. The minimum absolute atomic E-state index is 0.0332. The molecule has 1 amide bonds. The summed E-state index contributed by atoms with van der Waals surface area (Å²) in [5.41, 5.74) is 6.90. The fraction of sp³-hybridized carbons (Fsp3) is 0.278. The summed E-state index contributed by atoms with van der Waals surface area (Å²) >= 11 is 1.36. The van der Waals surface area contributed by atoms with Gasteiger partial charge in [0.1, 0.15) is 17.3 Å². The van der Waals surface area contributed by atoms with Crippen LogP contribution in [0.5, 0.6) is 0 Å². The van der Waals surface area contributed by atoms with E-state index in [0.29, 0.717) is 30.5 Å². The van der Waals surface area contributed by atoms with Crippen LogP contribution < -0.4 is 11.1 Å². The van der Waals surface area contributed by atoms with Crippen molar-refractivity contribution in [1.82, 2.24) is 4.98 Å². The van der Waals surface area contributed by atoms with E-state index in [1.54, 1.807) is 6.07 Å². The summed E-state index contributed by atoms with van der Waals surface area (Å²) in [6.45, 7) is 1.41.